The number of hydrogen-bond donors (Lipinski definition) is 5. The van der Waals surface area contributed by atoms with E-state index in [1.807, 2.05) is 32.0 Å². The van der Waals surface area contributed by atoms with Gasteiger partial charge in [-0.15, -0.1) is 0 Å². The van der Waals surface area contributed by atoms with Crippen molar-refractivity contribution in [1.82, 2.24) is 50.8 Å². The van der Waals surface area contributed by atoms with E-state index in [0.29, 0.717) is 75.8 Å². The van der Waals surface area contributed by atoms with Crippen LogP contribution in [0.1, 0.15) is 122 Å². The van der Waals surface area contributed by atoms with Crippen molar-refractivity contribution in [2.24, 2.45) is 16.2 Å². The van der Waals surface area contributed by atoms with Crippen LogP contribution in [0.5, 0.6) is 28.7 Å². The number of fused-ring (bicyclic) bond motifs is 3. The lowest BCUT2D eigenvalue weighted by Crippen LogP contribution is -2.42. The molecule has 8 aliphatic heterocycles. The minimum absolute atomic E-state index is 0.00174. The Bertz CT molecular complexity index is 5050. The van der Waals surface area contributed by atoms with Gasteiger partial charge in [0.05, 0.1) is 73.9 Å². The maximum Gasteiger partial charge on any atom is 0.257 e. The van der Waals surface area contributed by atoms with Crippen LogP contribution in [0, 0.1) is 51.8 Å². The third kappa shape index (κ3) is 15.0. The number of rotatable bonds is 15. The molecule has 3 aromatic heterocycles. The van der Waals surface area contributed by atoms with Crippen LogP contribution in [-0.4, -0.2) is 190 Å². The summed E-state index contributed by atoms with van der Waals surface area (Å²) in [6.07, 6.45) is -2.14. The van der Waals surface area contributed by atoms with E-state index < -0.39 is 69.8 Å². The molecule has 5 N–H and O–H groups in total. The number of carbonyl (C=O) groups excluding carboxylic acids is 11. The lowest BCUT2D eigenvalue weighted by molar-refractivity contribution is -0.128. The standard InChI is InChI=1S/C27H24N4O5.2C26H24N4O7/c1-16(2)24-29-23(30-36-24)18-6-4-17(5-7-18)10-11-27(13-22(32)28-26(27)34)15-31-14-19-8-9-20(35-3)12-21(19)25(31)33;1-36-16-4-3-15-13-29(23(33)17(15)11-16)14-26(12-22(32)28-25(26)35)9-7-18-20(37-2)5-6-21(27-18)30-10-8-19(31)24(30)34;1-36-17-4-3-15-12-29(24(34)18(15)10-17)14-26(11-22(32)28-25(26)35)8-7-19-20(37-2)5-6-21(27-19)30-13-16(31)9-23(30)33/h4-9,12,16H,13-15H2,1-3H3,(H,28,32,34);3-6,11,19,31H,8,10,12-14H2,1-2H3,(H,28,32,35);3-6,10,16,31H,9,11-14H2,1-2H3,(H,28,32,35)/t27-;19-,26+;16-,26-/m101/s1. The van der Waals surface area contributed by atoms with Crippen molar-refractivity contribution in [3.05, 3.63) is 159 Å². The Balaban J connectivity index is 0.000000145. The molecule has 31 heteroatoms. The molecule has 0 unspecified atom stereocenters. The number of aromatic nitrogens is 4. The minimum atomic E-state index is -1.50. The molecule has 5 fully saturated rings. The number of hydrogen-bond acceptors (Lipinski definition) is 23. The fraction of sp³-hybridized carbons (Fsp3) is 0.329. The zero-order valence-corrected chi connectivity index (χ0v) is 60.6. The molecular weight excluding hydrogens is 1420 g/mol. The summed E-state index contributed by atoms with van der Waals surface area (Å²) in [5, 5.41) is 30.6. The highest BCUT2D eigenvalue weighted by atomic mass is 16.5. The van der Waals surface area contributed by atoms with E-state index in [-0.39, 0.29) is 124 Å². The number of aliphatic hydroxyl groups is 2. The van der Waals surface area contributed by atoms with Crippen LogP contribution in [0.4, 0.5) is 11.6 Å². The van der Waals surface area contributed by atoms with Gasteiger partial charge >= 0.3 is 0 Å². The van der Waals surface area contributed by atoms with Crippen molar-refractivity contribution in [2.75, 3.05) is 78.1 Å². The molecule has 562 valence electrons. The molecule has 5 atom stereocenters. The maximum absolute atomic E-state index is 13.1. The van der Waals surface area contributed by atoms with E-state index in [1.165, 1.54) is 55.1 Å². The molecule has 8 aliphatic rings. The monoisotopic (exact) mass is 1490 g/mol. The summed E-state index contributed by atoms with van der Waals surface area (Å²) >= 11 is 0. The molecule has 5 saturated heterocycles. The van der Waals surface area contributed by atoms with E-state index in [0.717, 1.165) is 22.3 Å². The van der Waals surface area contributed by atoms with Crippen LogP contribution in [0.15, 0.2) is 108 Å². The van der Waals surface area contributed by atoms with Gasteiger partial charge in [-0.05, 0) is 113 Å². The van der Waals surface area contributed by atoms with Crippen LogP contribution in [0.25, 0.3) is 11.4 Å². The van der Waals surface area contributed by atoms with Gasteiger partial charge in [0.15, 0.2) is 22.9 Å². The lowest BCUT2D eigenvalue weighted by Gasteiger charge is -2.25. The molecule has 4 aromatic carbocycles. The van der Waals surface area contributed by atoms with E-state index in [2.05, 4.69) is 71.6 Å². The number of β-amino-alcohol motifs (C(OH)–C–C–N with tert-alkyl or cyclic N) is 1. The predicted molar refractivity (Wildman–Crippen MR) is 386 cm³/mol. The van der Waals surface area contributed by atoms with Crippen molar-refractivity contribution in [3.63, 3.8) is 0 Å². The summed E-state index contributed by atoms with van der Waals surface area (Å²) < 4.78 is 31.6. The summed E-state index contributed by atoms with van der Waals surface area (Å²) in [5.74, 6) is 17.0. The van der Waals surface area contributed by atoms with Gasteiger partial charge in [0, 0.05) is 86.0 Å². The number of amides is 11. The smallest absolute Gasteiger partial charge is 0.257 e. The first-order valence-electron chi connectivity index (χ1n) is 34.8. The molecule has 0 radical (unpaired) electrons. The first-order valence-corrected chi connectivity index (χ1v) is 34.8. The van der Waals surface area contributed by atoms with Crippen LogP contribution in [0.3, 0.4) is 0 Å². The van der Waals surface area contributed by atoms with Crippen molar-refractivity contribution in [1.29, 1.82) is 0 Å². The predicted octanol–water partition coefficient (Wildman–Crippen LogP) is 3.38. The quantitative estimate of drug-likeness (QED) is 0.0725. The van der Waals surface area contributed by atoms with E-state index in [4.69, 9.17) is 28.2 Å². The van der Waals surface area contributed by atoms with Gasteiger partial charge in [-0.1, -0.05) is 60.9 Å². The largest absolute Gasteiger partial charge is 0.497 e. The second-order valence-electron chi connectivity index (χ2n) is 27.5. The highest BCUT2D eigenvalue weighted by Gasteiger charge is 2.52. The number of carbonyl (C=O) groups is 11. The number of benzene rings is 4. The van der Waals surface area contributed by atoms with E-state index in [9.17, 15) is 63.0 Å². The maximum atomic E-state index is 13.1. The molecule has 0 bridgehead atoms. The minimum Gasteiger partial charge on any atom is -0.497 e. The zero-order chi connectivity index (χ0) is 78.1. The summed E-state index contributed by atoms with van der Waals surface area (Å²) in [7, 11) is 7.43. The van der Waals surface area contributed by atoms with E-state index in [1.54, 1.807) is 89.8 Å². The Morgan fingerprint density at radius 2 is 0.936 bits per heavy atom. The van der Waals surface area contributed by atoms with Gasteiger partial charge in [-0.3, -0.25) is 78.5 Å². The Labute approximate surface area is 628 Å². The van der Waals surface area contributed by atoms with Crippen LogP contribution in [-0.2, 0) is 58.0 Å². The molecule has 0 saturated carbocycles. The number of nitrogens with one attached hydrogen (secondary N) is 3. The molecular formula is C79H72N12O19. The number of nitrogens with zero attached hydrogens (tertiary/aromatic N) is 9. The van der Waals surface area contributed by atoms with Gasteiger partial charge in [0.1, 0.15) is 51.2 Å². The number of pyridine rings is 2. The second kappa shape index (κ2) is 30.5. The zero-order valence-electron chi connectivity index (χ0n) is 60.6. The van der Waals surface area contributed by atoms with Gasteiger partial charge in [-0.2, -0.15) is 4.98 Å². The third-order valence-electron chi connectivity index (χ3n) is 19.7. The molecule has 7 aromatic rings. The Kier molecular flexibility index (Phi) is 20.8. The van der Waals surface area contributed by atoms with Crippen LogP contribution in [0.2, 0.25) is 0 Å². The average molecular weight is 1490 g/mol. The van der Waals surface area contributed by atoms with Gasteiger partial charge in [0.2, 0.25) is 53.1 Å². The lowest BCUT2D eigenvalue weighted by atomic mass is 9.85. The van der Waals surface area contributed by atoms with Crippen LogP contribution < -0.4 is 49.4 Å². The average Bonchev–Trinajstić information content (AvgIpc) is 1.63. The highest BCUT2D eigenvalue weighted by molar-refractivity contribution is 6.11. The fourth-order valence-corrected chi connectivity index (χ4v) is 13.8. The van der Waals surface area contributed by atoms with Crippen molar-refractivity contribution < 1.29 is 91.2 Å². The normalized spacial score (nSPS) is 21.4. The van der Waals surface area contributed by atoms with Crippen LogP contribution >= 0.6 is 0 Å². The Morgan fingerprint density at radius 3 is 1.28 bits per heavy atom. The number of imide groups is 3. The van der Waals surface area contributed by atoms with Crippen molar-refractivity contribution in [2.45, 2.75) is 83.7 Å². The van der Waals surface area contributed by atoms with Gasteiger partial charge in [-0.25, -0.2) is 9.97 Å². The first-order chi connectivity index (χ1) is 52.7. The molecule has 110 heavy (non-hydrogen) atoms. The number of aliphatic hydroxyl groups excluding tert-OH is 2. The molecule has 0 spiro atoms. The SMILES string of the molecule is COc1ccc2c(c1)C(=O)N(C[C@@]1(C#Cc3ccc(-c4noc(C(C)C)n4)cc3)CC(=O)NC1=O)C2.COc1ccc2c(c1)C(=O)N(C[C@@]1(C#Cc3nc(N4CC[C@H](O)C4=O)ccc3OC)CC(=O)NC1=O)C2.COc1ccc2c(c1)C(=O)N(C[C@@]1(C#Cc3nc(N4C[C@H](O)CC4=O)ccc3OC)CC(=O)NC1=O)C2. The topological polar surface area (TPSA) is 391 Å². The number of ether oxygens (including phenoxy) is 5. The van der Waals surface area contributed by atoms with Gasteiger partial charge in [0.25, 0.3) is 23.6 Å². The van der Waals surface area contributed by atoms with E-state index >= 15 is 0 Å². The Morgan fingerprint density at radius 1 is 0.518 bits per heavy atom. The van der Waals surface area contributed by atoms with Crippen molar-refractivity contribution in [3.8, 4) is 75.7 Å². The fourth-order valence-electron chi connectivity index (χ4n) is 13.8. The highest BCUT2D eigenvalue weighted by Crippen LogP contribution is 2.39. The summed E-state index contributed by atoms with van der Waals surface area (Å²) in [5.41, 5.74) is 1.28. The van der Waals surface area contributed by atoms with Gasteiger partial charge < -0.3 is 53.1 Å². The Hall–Kier alpha value is -13.3. The summed E-state index contributed by atoms with van der Waals surface area (Å²) in [6, 6.07) is 29.3. The summed E-state index contributed by atoms with van der Waals surface area (Å²) in [6.45, 7) is 5.01. The number of methoxy groups -OCH3 is 5. The summed E-state index contributed by atoms with van der Waals surface area (Å²) in [4.78, 5) is 160. The molecule has 11 amide bonds. The van der Waals surface area contributed by atoms with Crippen molar-refractivity contribution >= 4 is 76.6 Å². The molecule has 15 rings (SSSR count). The molecule has 31 nitrogen and oxygen atoms in total. The molecule has 0 aliphatic carbocycles. The third-order valence-corrected chi connectivity index (χ3v) is 19.7. The first kappa shape index (κ1) is 74.9. The number of anilines is 2. The second-order valence-corrected chi connectivity index (χ2v) is 27.5. The molecule has 11 heterocycles.